The van der Waals surface area contributed by atoms with Crippen LogP contribution < -0.4 is 15.2 Å². The van der Waals surface area contributed by atoms with Gasteiger partial charge in [0, 0.05) is 29.3 Å². The van der Waals surface area contributed by atoms with Crippen LogP contribution in [0.3, 0.4) is 0 Å². The molecule has 194 valence electrons. The number of pyridine rings is 1. The standard InChI is InChI=1S/C25H30F2N4O4S/c1-25(2,3)36(33,34)30-21-10-9-15(13-29-21)23-22(24(28)32)17-11-18(27)20(35-14-26)12-19(17)31(23)16-7-5-4-6-8-16/h9-13,16H,4-8,14H2,1-3H3,(H2,28,32)(H,29,30). The molecular formula is C25H30F2N4O4S. The maximum atomic E-state index is 14.7. The van der Waals surface area contributed by atoms with Gasteiger partial charge in [0.25, 0.3) is 5.91 Å². The van der Waals surface area contributed by atoms with E-state index in [9.17, 15) is 22.0 Å². The Kier molecular flexibility index (Phi) is 6.96. The first kappa shape index (κ1) is 25.9. The highest BCUT2D eigenvalue weighted by atomic mass is 32.2. The number of alkyl halides is 1. The van der Waals surface area contributed by atoms with Gasteiger partial charge in [0.1, 0.15) is 5.82 Å². The van der Waals surface area contributed by atoms with Crippen molar-refractivity contribution in [3.05, 3.63) is 41.8 Å². The van der Waals surface area contributed by atoms with Gasteiger partial charge in [-0.05, 0) is 51.8 Å². The SMILES string of the molecule is CC(C)(C)S(=O)(=O)Nc1ccc(-c2c(C(N)=O)c3cc(F)c(OCF)cc3n2C2CCCCC2)cn1. The van der Waals surface area contributed by atoms with Crippen LogP contribution in [0.4, 0.5) is 14.6 Å². The van der Waals surface area contributed by atoms with E-state index in [-0.39, 0.29) is 23.2 Å². The Hall–Kier alpha value is -3.21. The van der Waals surface area contributed by atoms with Crippen molar-refractivity contribution in [1.29, 1.82) is 0 Å². The lowest BCUT2D eigenvalue weighted by Crippen LogP contribution is -2.33. The first-order valence-corrected chi connectivity index (χ1v) is 13.3. The number of ether oxygens (including phenoxy) is 1. The van der Waals surface area contributed by atoms with Gasteiger partial charge in [0.05, 0.1) is 21.5 Å². The van der Waals surface area contributed by atoms with Crippen LogP contribution >= 0.6 is 0 Å². The molecule has 0 radical (unpaired) electrons. The van der Waals surface area contributed by atoms with Crippen LogP contribution in [0.1, 0.15) is 69.3 Å². The summed E-state index contributed by atoms with van der Waals surface area (Å²) in [5.41, 5.74) is 7.38. The Balaban J connectivity index is 1.92. The molecule has 1 saturated carbocycles. The number of carbonyl (C=O) groups is 1. The van der Waals surface area contributed by atoms with Crippen LogP contribution in [0.2, 0.25) is 0 Å². The number of nitrogens with two attached hydrogens (primary N) is 1. The maximum Gasteiger partial charge on any atom is 0.251 e. The van der Waals surface area contributed by atoms with E-state index in [1.54, 1.807) is 26.8 Å². The van der Waals surface area contributed by atoms with Crippen molar-refractivity contribution in [3.63, 3.8) is 0 Å². The zero-order valence-electron chi connectivity index (χ0n) is 20.5. The van der Waals surface area contributed by atoms with Crippen molar-refractivity contribution < 1.29 is 26.7 Å². The number of amides is 1. The van der Waals surface area contributed by atoms with E-state index in [2.05, 4.69) is 9.71 Å². The molecule has 4 rings (SSSR count). The number of benzene rings is 1. The lowest BCUT2D eigenvalue weighted by atomic mass is 9.94. The van der Waals surface area contributed by atoms with Crippen LogP contribution in [0.5, 0.6) is 5.75 Å². The number of hydrogen-bond acceptors (Lipinski definition) is 5. The summed E-state index contributed by atoms with van der Waals surface area (Å²) in [6, 6.07) is 5.68. The molecule has 1 amide bonds. The van der Waals surface area contributed by atoms with Gasteiger partial charge in [-0.3, -0.25) is 9.52 Å². The first-order valence-electron chi connectivity index (χ1n) is 11.8. The number of carbonyl (C=O) groups excluding carboxylic acids is 1. The lowest BCUT2D eigenvalue weighted by Gasteiger charge is -2.27. The maximum absolute atomic E-state index is 14.7. The Morgan fingerprint density at radius 1 is 1.22 bits per heavy atom. The van der Waals surface area contributed by atoms with E-state index in [1.165, 1.54) is 18.3 Å². The van der Waals surface area contributed by atoms with Gasteiger partial charge in [0.15, 0.2) is 11.6 Å². The molecule has 0 saturated heterocycles. The third-order valence-corrected chi connectivity index (χ3v) is 8.63. The minimum atomic E-state index is -3.69. The Morgan fingerprint density at radius 2 is 1.92 bits per heavy atom. The van der Waals surface area contributed by atoms with Crippen LogP contribution in [0, 0.1) is 5.82 Å². The molecule has 36 heavy (non-hydrogen) atoms. The number of nitrogens with zero attached hydrogens (tertiary/aromatic N) is 2. The number of nitrogens with one attached hydrogen (secondary N) is 1. The van der Waals surface area contributed by atoms with Gasteiger partial charge in [-0.1, -0.05) is 19.3 Å². The van der Waals surface area contributed by atoms with Crippen LogP contribution in [0.15, 0.2) is 30.5 Å². The molecule has 1 aromatic carbocycles. The fourth-order valence-corrected chi connectivity index (χ4v) is 5.32. The molecule has 0 unspecified atom stereocenters. The summed E-state index contributed by atoms with van der Waals surface area (Å²) in [5.74, 6) is -1.69. The molecule has 0 aliphatic heterocycles. The molecule has 0 atom stereocenters. The zero-order chi connectivity index (χ0) is 26.3. The summed E-state index contributed by atoms with van der Waals surface area (Å²) in [6.07, 6.45) is 6.18. The highest BCUT2D eigenvalue weighted by Gasteiger charge is 2.31. The Bertz CT molecular complexity index is 1390. The topological polar surface area (TPSA) is 116 Å². The smallest absolute Gasteiger partial charge is 0.251 e. The Morgan fingerprint density at radius 3 is 2.47 bits per heavy atom. The molecule has 3 N–H and O–H groups in total. The third kappa shape index (κ3) is 4.76. The highest BCUT2D eigenvalue weighted by Crippen LogP contribution is 2.42. The number of hydrogen-bond donors (Lipinski definition) is 2. The second-order valence-corrected chi connectivity index (χ2v) is 12.4. The number of sulfonamides is 1. The number of aromatic nitrogens is 2. The molecule has 0 bridgehead atoms. The van der Waals surface area contributed by atoms with Gasteiger partial charge in [-0.2, -0.15) is 0 Å². The summed E-state index contributed by atoms with van der Waals surface area (Å²) in [4.78, 5) is 16.9. The van der Waals surface area contributed by atoms with Crippen molar-refractivity contribution in [2.24, 2.45) is 5.73 Å². The van der Waals surface area contributed by atoms with Crippen molar-refractivity contribution in [3.8, 4) is 17.0 Å². The lowest BCUT2D eigenvalue weighted by molar-refractivity contribution is 0.100. The summed E-state index contributed by atoms with van der Waals surface area (Å²) < 4.78 is 60.9. The van der Waals surface area contributed by atoms with Gasteiger partial charge < -0.3 is 15.0 Å². The molecule has 8 nitrogen and oxygen atoms in total. The second kappa shape index (κ2) is 9.68. The quantitative estimate of drug-likeness (QED) is 0.439. The fourth-order valence-electron chi connectivity index (χ4n) is 4.62. The first-order chi connectivity index (χ1) is 16.9. The van der Waals surface area contributed by atoms with Gasteiger partial charge >= 0.3 is 0 Å². The van der Waals surface area contributed by atoms with Crippen molar-refractivity contribution in [2.45, 2.75) is 63.7 Å². The predicted molar refractivity (Wildman–Crippen MR) is 135 cm³/mol. The van der Waals surface area contributed by atoms with Crippen molar-refractivity contribution in [2.75, 3.05) is 11.6 Å². The summed E-state index contributed by atoms with van der Waals surface area (Å²) in [7, 11) is -3.69. The largest absolute Gasteiger partial charge is 0.460 e. The molecule has 0 spiro atoms. The number of anilines is 1. The van der Waals surface area contributed by atoms with Gasteiger partial charge in [-0.25, -0.2) is 22.2 Å². The van der Waals surface area contributed by atoms with Crippen LogP contribution in [-0.4, -0.2) is 35.5 Å². The average Bonchev–Trinajstić information content (AvgIpc) is 3.13. The molecule has 1 aliphatic rings. The highest BCUT2D eigenvalue weighted by molar-refractivity contribution is 7.94. The number of fused-ring (bicyclic) bond motifs is 1. The molecular weight excluding hydrogens is 490 g/mol. The molecule has 2 heterocycles. The minimum Gasteiger partial charge on any atom is -0.460 e. The molecule has 11 heteroatoms. The number of primary amides is 1. The van der Waals surface area contributed by atoms with Crippen LogP contribution in [0.25, 0.3) is 22.2 Å². The van der Waals surface area contributed by atoms with E-state index < -0.39 is 33.4 Å². The predicted octanol–water partition coefficient (Wildman–Crippen LogP) is 5.29. The van der Waals surface area contributed by atoms with E-state index in [0.717, 1.165) is 38.2 Å². The summed E-state index contributed by atoms with van der Waals surface area (Å²) in [6.45, 7) is 3.53. The molecule has 3 aromatic rings. The Labute approximate surface area is 208 Å². The summed E-state index contributed by atoms with van der Waals surface area (Å²) >= 11 is 0. The van der Waals surface area contributed by atoms with Gasteiger partial charge in [0.2, 0.25) is 16.9 Å². The monoisotopic (exact) mass is 520 g/mol. The van der Waals surface area contributed by atoms with Crippen molar-refractivity contribution in [1.82, 2.24) is 9.55 Å². The van der Waals surface area contributed by atoms with E-state index in [0.29, 0.717) is 22.2 Å². The number of halogens is 2. The normalized spacial score (nSPS) is 15.2. The fraction of sp³-hybridized carbons (Fsp3) is 0.440. The molecule has 2 aromatic heterocycles. The third-order valence-electron chi connectivity index (χ3n) is 6.54. The molecule has 1 aliphatic carbocycles. The van der Waals surface area contributed by atoms with Crippen LogP contribution in [-0.2, 0) is 10.0 Å². The van der Waals surface area contributed by atoms with E-state index in [1.807, 2.05) is 4.57 Å². The second-order valence-electron chi connectivity index (χ2n) is 9.95. The van der Waals surface area contributed by atoms with E-state index in [4.69, 9.17) is 10.5 Å². The minimum absolute atomic E-state index is 0.00731. The van der Waals surface area contributed by atoms with Gasteiger partial charge in [-0.15, -0.1) is 0 Å². The summed E-state index contributed by atoms with van der Waals surface area (Å²) in [5, 5.41) is 0.296. The van der Waals surface area contributed by atoms with E-state index >= 15 is 0 Å². The average molecular weight is 521 g/mol. The van der Waals surface area contributed by atoms with Crippen molar-refractivity contribution >= 4 is 32.7 Å². The number of rotatable bonds is 7. The zero-order valence-corrected chi connectivity index (χ0v) is 21.3. The molecule has 1 fully saturated rings.